The fourth-order valence-corrected chi connectivity index (χ4v) is 1.84. The predicted molar refractivity (Wildman–Crippen MR) is 77.7 cm³/mol. The first-order chi connectivity index (χ1) is 8.20. The van der Waals surface area contributed by atoms with Crippen LogP contribution < -0.4 is 5.32 Å². The van der Waals surface area contributed by atoms with E-state index in [1.165, 1.54) is 58.4 Å². The standard InChI is InChI=1S/C14H33N3/c1-5-15-11-7-8-13-17(4)14-10-9-12-16(3)6-2/h15H,5-14H2,1-4H3. The van der Waals surface area contributed by atoms with Gasteiger partial charge < -0.3 is 15.1 Å². The topological polar surface area (TPSA) is 18.5 Å². The third-order valence-corrected chi connectivity index (χ3v) is 3.26. The van der Waals surface area contributed by atoms with E-state index in [1.807, 2.05) is 0 Å². The number of rotatable bonds is 12. The molecular formula is C14H33N3. The van der Waals surface area contributed by atoms with Gasteiger partial charge in [-0.15, -0.1) is 0 Å². The molecule has 0 unspecified atom stereocenters. The highest BCUT2D eigenvalue weighted by molar-refractivity contribution is 4.56. The van der Waals surface area contributed by atoms with Crippen LogP contribution in [-0.4, -0.2) is 63.2 Å². The van der Waals surface area contributed by atoms with Crippen molar-refractivity contribution in [3.05, 3.63) is 0 Å². The van der Waals surface area contributed by atoms with Crippen LogP contribution in [0.5, 0.6) is 0 Å². The summed E-state index contributed by atoms with van der Waals surface area (Å²) >= 11 is 0. The van der Waals surface area contributed by atoms with E-state index < -0.39 is 0 Å². The van der Waals surface area contributed by atoms with Crippen molar-refractivity contribution in [1.29, 1.82) is 0 Å². The zero-order chi connectivity index (χ0) is 12.9. The Labute approximate surface area is 109 Å². The first-order valence-electron chi connectivity index (χ1n) is 7.28. The summed E-state index contributed by atoms with van der Waals surface area (Å²) in [4.78, 5) is 4.86. The van der Waals surface area contributed by atoms with Crippen LogP contribution in [-0.2, 0) is 0 Å². The van der Waals surface area contributed by atoms with Gasteiger partial charge in [-0.05, 0) is 79.0 Å². The maximum atomic E-state index is 3.37. The molecule has 3 heteroatoms. The van der Waals surface area contributed by atoms with Gasteiger partial charge in [0.2, 0.25) is 0 Å². The van der Waals surface area contributed by atoms with Crippen LogP contribution in [0.25, 0.3) is 0 Å². The van der Waals surface area contributed by atoms with Gasteiger partial charge in [0.15, 0.2) is 0 Å². The molecular weight excluding hydrogens is 210 g/mol. The summed E-state index contributed by atoms with van der Waals surface area (Å²) in [6, 6.07) is 0. The lowest BCUT2D eigenvalue weighted by Gasteiger charge is -2.18. The monoisotopic (exact) mass is 243 g/mol. The highest BCUT2D eigenvalue weighted by Gasteiger charge is 1.99. The van der Waals surface area contributed by atoms with Crippen molar-refractivity contribution in [2.75, 3.05) is 53.4 Å². The molecule has 0 atom stereocenters. The molecule has 0 aromatic heterocycles. The minimum Gasteiger partial charge on any atom is -0.317 e. The Morgan fingerprint density at radius 3 is 1.82 bits per heavy atom. The predicted octanol–water partition coefficient (Wildman–Crippen LogP) is 2.04. The van der Waals surface area contributed by atoms with Gasteiger partial charge in [0.1, 0.15) is 0 Å². The molecule has 0 radical (unpaired) electrons. The van der Waals surface area contributed by atoms with Gasteiger partial charge in [-0.1, -0.05) is 13.8 Å². The number of hydrogen-bond acceptors (Lipinski definition) is 3. The van der Waals surface area contributed by atoms with Gasteiger partial charge in [-0.25, -0.2) is 0 Å². The Balaban J connectivity index is 3.20. The average molecular weight is 243 g/mol. The molecule has 0 saturated carbocycles. The highest BCUT2D eigenvalue weighted by Crippen LogP contribution is 1.97. The minimum atomic E-state index is 1.10. The average Bonchev–Trinajstić information content (AvgIpc) is 2.34. The Bertz CT molecular complexity index is 150. The molecule has 104 valence electrons. The second kappa shape index (κ2) is 12.3. The van der Waals surface area contributed by atoms with Gasteiger partial charge >= 0.3 is 0 Å². The van der Waals surface area contributed by atoms with E-state index in [1.54, 1.807) is 0 Å². The Morgan fingerprint density at radius 2 is 1.29 bits per heavy atom. The quantitative estimate of drug-likeness (QED) is 0.529. The van der Waals surface area contributed by atoms with Crippen LogP contribution in [0.2, 0.25) is 0 Å². The first-order valence-corrected chi connectivity index (χ1v) is 7.28. The second-order valence-electron chi connectivity index (χ2n) is 4.97. The zero-order valence-corrected chi connectivity index (χ0v) is 12.5. The first kappa shape index (κ1) is 16.9. The number of hydrogen-bond donors (Lipinski definition) is 1. The molecule has 0 aliphatic heterocycles. The molecule has 0 aromatic rings. The van der Waals surface area contributed by atoms with E-state index in [0.717, 1.165) is 6.54 Å². The maximum absolute atomic E-state index is 3.37. The van der Waals surface area contributed by atoms with Crippen molar-refractivity contribution < 1.29 is 0 Å². The molecule has 0 fully saturated rings. The van der Waals surface area contributed by atoms with Gasteiger partial charge in [0.05, 0.1) is 0 Å². The SMILES string of the molecule is CCNCCCCN(C)CCCCN(C)CC. The number of unbranched alkanes of at least 4 members (excludes halogenated alkanes) is 2. The minimum absolute atomic E-state index is 1.10. The van der Waals surface area contributed by atoms with Crippen LogP contribution in [0.4, 0.5) is 0 Å². The second-order valence-corrected chi connectivity index (χ2v) is 4.97. The largest absolute Gasteiger partial charge is 0.317 e. The molecule has 0 rings (SSSR count). The zero-order valence-electron chi connectivity index (χ0n) is 12.5. The van der Waals surface area contributed by atoms with Crippen molar-refractivity contribution in [3.8, 4) is 0 Å². The lowest BCUT2D eigenvalue weighted by atomic mass is 10.2. The lowest BCUT2D eigenvalue weighted by Crippen LogP contribution is -2.24. The molecule has 0 aromatic carbocycles. The Kier molecular flexibility index (Phi) is 12.3. The van der Waals surface area contributed by atoms with Gasteiger partial charge in [0.25, 0.3) is 0 Å². The van der Waals surface area contributed by atoms with Crippen LogP contribution in [0, 0.1) is 0 Å². The van der Waals surface area contributed by atoms with Gasteiger partial charge in [-0.3, -0.25) is 0 Å². The molecule has 0 aliphatic rings. The van der Waals surface area contributed by atoms with E-state index in [9.17, 15) is 0 Å². The van der Waals surface area contributed by atoms with E-state index in [0.29, 0.717) is 0 Å². The summed E-state index contributed by atoms with van der Waals surface area (Å²) in [5, 5.41) is 3.37. The molecule has 0 saturated heterocycles. The molecule has 0 bridgehead atoms. The van der Waals surface area contributed by atoms with Crippen LogP contribution in [0.15, 0.2) is 0 Å². The molecule has 0 heterocycles. The van der Waals surface area contributed by atoms with Crippen molar-refractivity contribution in [2.45, 2.75) is 39.5 Å². The third-order valence-electron chi connectivity index (χ3n) is 3.26. The Morgan fingerprint density at radius 1 is 0.765 bits per heavy atom. The summed E-state index contributed by atoms with van der Waals surface area (Å²) in [5.41, 5.74) is 0. The van der Waals surface area contributed by atoms with Crippen LogP contribution in [0.3, 0.4) is 0 Å². The third kappa shape index (κ3) is 12.1. The molecule has 3 nitrogen and oxygen atoms in total. The summed E-state index contributed by atoms with van der Waals surface area (Å²) in [7, 11) is 4.45. The highest BCUT2D eigenvalue weighted by atomic mass is 15.1. The van der Waals surface area contributed by atoms with E-state index in [2.05, 4.69) is 43.1 Å². The normalized spacial score (nSPS) is 11.6. The maximum Gasteiger partial charge on any atom is -0.00213 e. The summed E-state index contributed by atoms with van der Waals surface area (Å²) < 4.78 is 0. The fraction of sp³-hybridized carbons (Fsp3) is 1.00. The summed E-state index contributed by atoms with van der Waals surface area (Å²) in [6.45, 7) is 11.6. The van der Waals surface area contributed by atoms with Crippen LogP contribution in [0.1, 0.15) is 39.5 Å². The number of nitrogens with zero attached hydrogens (tertiary/aromatic N) is 2. The van der Waals surface area contributed by atoms with Crippen LogP contribution >= 0.6 is 0 Å². The molecule has 17 heavy (non-hydrogen) atoms. The molecule has 1 N–H and O–H groups in total. The summed E-state index contributed by atoms with van der Waals surface area (Å²) in [5.74, 6) is 0. The van der Waals surface area contributed by atoms with Crippen molar-refractivity contribution >= 4 is 0 Å². The summed E-state index contributed by atoms with van der Waals surface area (Å²) in [6.07, 6.45) is 5.27. The molecule has 0 spiro atoms. The van der Waals surface area contributed by atoms with Crippen molar-refractivity contribution in [2.24, 2.45) is 0 Å². The molecule has 0 amide bonds. The van der Waals surface area contributed by atoms with Crippen molar-refractivity contribution in [1.82, 2.24) is 15.1 Å². The van der Waals surface area contributed by atoms with E-state index in [-0.39, 0.29) is 0 Å². The number of nitrogens with one attached hydrogen (secondary N) is 1. The smallest absolute Gasteiger partial charge is 0.00213 e. The Hall–Kier alpha value is -0.120. The van der Waals surface area contributed by atoms with E-state index >= 15 is 0 Å². The van der Waals surface area contributed by atoms with E-state index in [4.69, 9.17) is 0 Å². The lowest BCUT2D eigenvalue weighted by molar-refractivity contribution is 0.295. The van der Waals surface area contributed by atoms with Gasteiger partial charge in [-0.2, -0.15) is 0 Å². The molecule has 0 aliphatic carbocycles. The van der Waals surface area contributed by atoms with Crippen molar-refractivity contribution in [3.63, 3.8) is 0 Å². The fourth-order valence-electron chi connectivity index (χ4n) is 1.84. The van der Waals surface area contributed by atoms with Gasteiger partial charge in [0, 0.05) is 0 Å².